The molecule has 7 heteroatoms. The predicted octanol–water partition coefficient (Wildman–Crippen LogP) is 3.10. The molecule has 1 heterocycles. The largest absolute Gasteiger partial charge is 0.496 e. The van der Waals surface area contributed by atoms with Gasteiger partial charge in [-0.3, -0.25) is 4.79 Å². The van der Waals surface area contributed by atoms with Gasteiger partial charge in [0.05, 0.1) is 32.6 Å². The zero-order valence-electron chi connectivity index (χ0n) is 15.2. The average Bonchev–Trinajstić information content (AvgIpc) is 3.04. The number of carbonyl (C=O) groups excluding carboxylic acids is 1. The summed E-state index contributed by atoms with van der Waals surface area (Å²) in [6.07, 6.45) is 5.53. The van der Waals surface area contributed by atoms with E-state index in [4.69, 9.17) is 20.6 Å². The molecular weight excluding hydrogens is 364 g/mol. The molecule has 0 atom stereocenters. The molecule has 0 fully saturated rings. The highest BCUT2D eigenvalue weighted by atomic mass is 32.1. The number of rotatable bonds is 5. The maximum Gasteiger partial charge on any atom is 0.287 e. The molecule has 3 aromatic rings. The molecule has 3 rings (SSSR count). The van der Waals surface area contributed by atoms with Crippen molar-refractivity contribution >= 4 is 27.5 Å². The van der Waals surface area contributed by atoms with Gasteiger partial charge < -0.3 is 18.8 Å². The van der Waals surface area contributed by atoms with Crippen molar-refractivity contribution in [1.29, 1.82) is 0 Å². The predicted molar refractivity (Wildman–Crippen MR) is 105 cm³/mol. The standard InChI is InChI=1S/C20H18N2O4S/c1-5-12-22-18-15(26-4)10-7-11-16(18)27-20(22)21-19(23)17-13(24-2)8-6-9-14(17)25-3/h1,6-11H,12H2,2-4H3. The number of amides is 1. The Hall–Kier alpha value is -3.24. The molecule has 0 aliphatic heterocycles. The molecule has 0 bridgehead atoms. The van der Waals surface area contributed by atoms with Gasteiger partial charge in [0.1, 0.15) is 28.3 Å². The molecule has 0 saturated carbocycles. The van der Waals surface area contributed by atoms with Crippen LogP contribution in [0.4, 0.5) is 0 Å². The summed E-state index contributed by atoms with van der Waals surface area (Å²) in [5.41, 5.74) is 1.07. The Morgan fingerprint density at radius 2 is 1.67 bits per heavy atom. The van der Waals surface area contributed by atoms with E-state index in [-0.39, 0.29) is 12.1 Å². The lowest BCUT2D eigenvalue weighted by atomic mass is 10.1. The van der Waals surface area contributed by atoms with Crippen LogP contribution in [0.1, 0.15) is 10.4 Å². The number of fused-ring (bicyclic) bond motifs is 1. The number of hydrogen-bond acceptors (Lipinski definition) is 5. The Balaban J connectivity index is 2.24. The summed E-state index contributed by atoms with van der Waals surface area (Å²) >= 11 is 1.36. The highest BCUT2D eigenvalue weighted by Gasteiger charge is 2.19. The van der Waals surface area contributed by atoms with Crippen LogP contribution >= 0.6 is 11.3 Å². The van der Waals surface area contributed by atoms with E-state index in [1.54, 1.807) is 29.9 Å². The van der Waals surface area contributed by atoms with Gasteiger partial charge >= 0.3 is 0 Å². The second-order valence-corrected chi connectivity index (χ2v) is 6.45. The lowest BCUT2D eigenvalue weighted by Gasteiger charge is -2.09. The minimum atomic E-state index is -0.472. The van der Waals surface area contributed by atoms with Crippen LogP contribution in [0.15, 0.2) is 41.4 Å². The number of aromatic nitrogens is 1. The summed E-state index contributed by atoms with van der Waals surface area (Å²) in [7, 11) is 4.58. The van der Waals surface area contributed by atoms with Crippen molar-refractivity contribution < 1.29 is 19.0 Å². The van der Waals surface area contributed by atoms with E-state index < -0.39 is 5.91 Å². The van der Waals surface area contributed by atoms with Gasteiger partial charge in [-0.25, -0.2) is 0 Å². The van der Waals surface area contributed by atoms with Gasteiger partial charge in [-0.2, -0.15) is 4.99 Å². The lowest BCUT2D eigenvalue weighted by molar-refractivity contribution is 0.0992. The number of terminal acetylenes is 1. The maximum atomic E-state index is 12.9. The summed E-state index contributed by atoms with van der Waals surface area (Å²) in [5, 5.41) is 0. The van der Waals surface area contributed by atoms with Crippen LogP contribution in [0.25, 0.3) is 10.2 Å². The fourth-order valence-corrected chi connectivity index (χ4v) is 3.84. The van der Waals surface area contributed by atoms with Gasteiger partial charge in [-0.1, -0.05) is 29.4 Å². The summed E-state index contributed by atoms with van der Waals surface area (Å²) in [6.45, 7) is 0.259. The molecule has 0 aliphatic rings. The third-order valence-corrected chi connectivity index (χ3v) is 5.02. The number of ether oxygens (including phenoxy) is 3. The molecule has 0 unspecified atom stereocenters. The SMILES string of the molecule is C#CCn1c(=NC(=O)c2c(OC)cccc2OC)sc2cccc(OC)c21. The quantitative estimate of drug-likeness (QED) is 0.636. The van der Waals surface area contributed by atoms with E-state index >= 15 is 0 Å². The Morgan fingerprint density at radius 3 is 2.26 bits per heavy atom. The number of methoxy groups -OCH3 is 3. The zero-order valence-corrected chi connectivity index (χ0v) is 16.0. The molecule has 138 valence electrons. The first-order chi connectivity index (χ1) is 13.1. The van der Waals surface area contributed by atoms with Gasteiger partial charge in [0.15, 0.2) is 4.80 Å². The minimum Gasteiger partial charge on any atom is -0.496 e. The second kappa shape index (κ2) is 7.98. The van der Waals surface area contributed by atoms with Crippen molar-refractivity contribution in [3.63, 3.8) is 0 Å². The first-order valence-electron chi connectivity index (χ1n) is 8.04. The highest BCUT2D eigenvalue weighted by molar-refractivity contribution is 7.16. The molecule has 1 aromatic heterocycles. The van der Waals surface area contributed by atoms with Gasteiger partial charge in [0.25, 0.3) is 5.91 Å². The van der Waals surface area contributed by atoms with E-state index in [1.165, 1.54) is 25.6 Å². The van der Waals surface area contributed by atoms with Crippen molar-refractivity contribution in [3.8, 4) is 29.6 Å². The number of thiazole rings is 1. The summed E-state index contributed by atoms with van der Waals surface area (Å²) in [6, 6.07) is 10.8. The van der Waals surface area contributed by atoms with E-state index in [1.807, 2.05) is 18.2 Å². The first kappa shape index (κ1) is 18.5. The molecular formula is C20H18N2O4S. The van der Waals surface area contributed by atoms with Gasteiger partial charge in [-0.05, 0) is 24.3 Å². The van der Waals surface area contributed by atoms with E-state index in [9.17, 15) is 4.79 Å². The fourth-order valence-electron chi connectivity index (χ4n) is 2.79. The number of nitrogens with zero attached hydrogens (tertiary/aromatic N) is 2. The number of para-hydroxylation sites is 1. The van der Waals surface area contributed by atoms with Crippen molar-refractivity contribution in [2.75, 3.05) is 21.3 Å². The summed E-state index contributed by atoms with van der Waals surface area (Å²) in [4.78, 5) is 17.7. The minimum absolute atomic E-state index is 0.259. The average molecular weight is 382 g/mol. The number of benzene rings is 2. The van der Waals surface area contributed by atoms with Crippen LogP contribution in [0, 0.1) is 12.3 Å². The Bertz CT molecular complexity index is 1080. The van der Waals surface area contributed by atoms with E-state index in [0.717, 1.165) is 10.2 Å². The topological polar surface area (TPSA) is 62.1 Å². The van der Waals surface area contributed by atoms with Crippen LogP contribution in [-0.2, 0) is 6.54 Å². The van der Waals surface area contributed by atoms with E-state index in [2.05, 4.69) is 10.9 Å². The molecule has 1 amide bonds. The van der Waals surface area contributed by atoms with Crippen molar-refractivity contribution in [2.24, 2.45) is 4.99 Å². The third-order valence-electron chi connectivity index (χ3n) is 3.97. The van der Waals surface area contributed by atoms with Crippen LogP contribution < -0.4 is 19.0 Å². The molecule has 6 nitrogen and oxygen atoms in total. The molecule has 0 saturated heterocycles. The molecule has 27 heavy (non-hydrogen) atoms. The Morgan fingerprint density at radius 1 is 1.07 bits per heavy atom. The van der Waals surface area contributed by atoms with Gasteiger partial charge in [-0.15, -0.1) is 6.42 Å². The third kappa shape index (κ3) is 3.39. The monoisotopic (exact) mass is 382 g/mol. The van der Waals surface area contributed by atoms with Crippen molar-refractivity contribution in [2.45, 2.75) is 6.54 Å². The number of carbonyl (C=O) groups is 1. The van der Waals surface area contributed by atoms with Crippen LogP contribution in [0.2, 0.25) is 0 Å². The smallest absolute Gasteiger partial charge is 0.287 e. The highest BCUT2D eigenvalue weighted by Crippen LogP contribution is 2.30. The second-order valence-electron chi connectivity index (χ2n) is 5.44. The van der Waals surface area contributed by atoms with Gasteiger partial charge in [0.2, 0.25) is 0 Å². The molecule has 0 aliphatic carbocycles. The van der Waals surface area contributed by atoms with Crippen LogP contribution in [0.3, 0.4) is 0 Å². The zero-order chi connectivity index (χ0) is 19.4. The van der Waals surface area contributed by atoms with E-state index in [0.29, 0.717) is 22.0 Å². The molecule has 2 aromatic carbocycles. The molecule has 0 radical (unpaired) electrons. The van der Waals surface area contributed by atoms with Crippen LogP contribution in [-0.4, -0.2) is 31.8 Å². The van der Waals surface area contributed by atoms with Crippen molar-refractivity contribution in [3.05, 3.63) is 46.8 Å². The van der Waals surface area contributed by atoms with Crippen LogP contribution in [0.5, 0.6) is 17.2 Å². The van der Waals surface area contributed by atoms with Crippen molar-refractivity contribution in [1.82, 2.24) is 4.57 Å². The summed E-state index contributed by atoms with van der Waals surface area (Å²) < 4.78 is 18.8. The maximum absolute atomic E-state index is 12.9. The number of hydrogen-bond donors (Lipinski definition) is 0. The first-order valence-corrected chi connectivity index (χ1v) is 8.86. The lowest BCUT2D eigenvalue weighted by Crippen LogP contribution is -2.17. The fraction of sp³-hybridized carbons (Fsp3) is 0.200. The molecule has 0 N–H and O–H groups in total. The summed E-state index contributed by atoms with van der Waals surface area (Å²) in [5.74, 6) is 3.59. The normalized spacial score (nSPS) is 11.3. The Kier molecular flexibility index (Phi) is 5.48. The molecule has 0 spiro atoms. The van der Waals surface area contributed by atoms with Gasteiger partial charge in [0, 0.05) is 0 Å². The Labute approximate surface area is 160 Å².